The molecule has 0 bridgehead atoms. The Hall–Kier alpha value is -1.54. The van der Waals surface area contributed by atoms with Crippen LogP contribution in [0.25, 0.3) is 0 Å². The summed E-state index contributed by atoms with van der Waals surface area (Å²) in [4.78, 5) is 2.34. The molecule has 2 aromatic carbocycles. The normalized spacial score (nSPS) is 10.2. The molecule has 0 N–H and O–H groups in total. The van der Waals surface area contributed by atoms with Crippen molar-refractivity contribution < 1.29 is 0 Å². The fourth-order valence-electron chi connectivity index (χ4n) is 2.06. The first-order valence-corrected chi connectivity index (χ1v) is 7.14. The molecule has 0 saturated carbocycles. The summed E-state index contributed by atoms with van der Waals surface area (Å²) in [7, 11) is 0. The van der Waals surface area contributed by atoms with E-state index in [4.69, 9.17) is 0 Å². The van der Waals surface area contributed by atoms with Crippen LogP contribution < -0.4 is 4.90 Å². The quantitative estimate of drug-likeness (QED) is 0.699. The maximum absolute atomic E-state index is 4.03. The van der Waals surface area contributed by atoms with E-state index in [1.165, 1.54) is 11.3 Å². The average molecular weight is 316 g/mol. The van der Waals surface area contributed by atoms with Gasteiger partial charge in [0.2, 0.25) is 0 Å². The summed E-state index contributed by atoms with van der Waals surface area (Å²) in [5.74, 6) is 0. The van der Waals surface area contributed by atoms with Crippen LogP contribution in [0.4, 0.5) is 5.69 Å². The standard InChI is InChI=1S/C17H18BrN/c1-14(2)12-19(13-15-8-4-3-5-9-15)17-11-7-6-10-16(17)18/h3-11H,1,12-13H2,2H3. The Kier molecular flexibility index (Phi) is 4.80. The van der Waals surface area contributed by atoms with Crippen LogP contribution in [0.2, 0.25) is 0 Å². The molecule has 0 amide bonds. The van der Waals surface area contributed by atoms with Gasteiger partial charge >= 0.3 is 0 Å². The fraction of sp³-hybridized carbons (Fsp3) is 0.176. The molecule has 2 aromatic rings. The summed E-state index contributed by atoms with van der Waals surface area (Å²) in [6.45, 7) is 7.84. The molecule has 0 saturated heterocycles. The maximum Gasteiger partial charge on any atom is 0.0516 e. The molecule has 0 fully saturated rings. The molecule has 0 aliphatic heterocycles. The Bertz CT molecular complexity index is 548. The van der Waals surface area contributed by atoms with E-state index in [0.717, 1.165) is 23.1 Å². The number of anilines is 1. The van der Waals surface area contributed by atoms with Crippen molar-refractivity contribution in [3.8, 4) is 0 Å². The monoisotopic (exact) mass is 315 g/mol. The fourth-order valence-corrected chi connectivity index (χ4v) is 2.60. The van der Waals surface area contributed by atoms with E-state index < -0.39 is 0 Å². The summed E-state index contributed by atoms with van der Waals surface area (Å²) in [5, 5.41) is 0. The Morgan fingerprint density at radius 2 is 1.68 bits per heavy atom. The zero-order valence-corrected chi connectivity index (χ0v) is 12.7. The van der Waals surface area contributed by atoms with Gasteiger partial charge in [0.25, 0.3) is 0 Å². The molecule has 0 heterocycles. The minimum Gasteiger partial charge on any atom is -0.362 e. The van der Waals surface area contributed by atoms with E-state index in [0.29, 0.717) is 0 Å². The third kappa shape index (κ3) is 3.97. The summed E-state index contributed by atoms with van der Waals surface area (Å²) in [6.07, 6.45) is 0. The third-order valence-electron chi connectivity index (χ3n) is 2.87. The molecule has 2 heteroatoms. The van der Waals surface area contributed by atoms with Crippen LogP contribution in [0.1, 0.15) is 12.5 Å². The van der Waals surface area contributed by atoms with Crippen molar-refractivity contribution in [3.05, 3.63) is 76.8 Å². The van der Waals surface area contributed by atoms with E-state index in [-0.39, 0.29) is 0 Å². The van der Waals surface area contributed by atoms with Crippen LogP contribution >= 0.6 is 15.9 Å². The second-order valence-corrected chi connectivity index (χ2v) is 5.60. The van der Waals surface area contributed by atoms with Crippen molar-refractivity contribution in [2.75, 3.05) is 11.4 Å². The average Bonchev–Trinajstić information content (AvgIpc) is 2.39. The number of para-hydroxylation sites is 1. The molecule has 0 aliphatic rings. The van der Waals surface area contributed by atoms with Crippen molar-refractivity contribution >= 4 is 21.6 Å². The minimum atomic E-state index is 0.859. The first-order valence-electron chi connectivity index (χ1n) is 6.34. The minimum absolute atomic E-state index is 0.859. The van der Waals surface area contributed by atoms with E-state index in [1.807, 2.05) is 12.1 Å². The van der Waals surface area contributed by atoms with Gasteiger partial charge in [-0.3, -0.25) is 0 Å². The molecular weight excluding hydrogens is 298 g/mol. The van der Waals surface area contributed by atoms with Crippen LogP contribution in [0.5, 0.6) is 0 Å². The molecule has 0 radical (unpaired) electrons. The van der Waals surface area contributed by atoms with Crippen LogP contribution in [-0.4, -0.2) is 6.54 Å². The van der Waals surface area contributed by atoms with Gasteiger partial charge in [0.1, 0.15) is 0 Å². The van der Waals surface area contributed by atoms with Crippen LogP contribution in [0.3, 0.4) is 0 Å². The highest BCUT2D eigenvalue weighted by atomic mass is 79.9. The lowest BCUT2D eigenvalue weighted by molar-refractivity contribution is 0.843. The Morgan fingerprint density at radius 1 is 1.05 bits per heavy atom. The predicted octanol–water partition coefficient (Wildman–Crippen LogP) is 5.03. The van der Waals surface area contributed by atoms with E-state index in [9.17, 15) is 0 Å². The third-order valence-corrected chi connectivity index (χ3v) is 3.54. The van der Waals surface area contributed by atoms with Crippen LogP contribution in [0.15, 0.2) is 71.2 Å². The predicted molar refractivity (Wildman–Crippen MR) is 86.4 cm³/mol. The SMILES string of the molecule is C=C(C)CN(Cc1ccccc1)c1ccccc1Br. The first-order chi connectivity index (χ1) is 9.16. The van der Waals surface area contributed by atoms with Gasteiger partial charge in [0, 0.05) is 17.6 Å². The van der Waals surface area contributed by atoms with Crippen LogP contribution in [0, 0.1) is 0 Å². The van der Waals surface area contributed by atoms with Gasteiger partial charge in [-0.1, -0.05) is 54.6 Å². The van der Waals surface area contributed by atoms with Crippen molar-refractivity contribution in [2.24, 2.45) is 0 Å². The van der Waals surface area contributed by atoms with Gasteiger partial charge in [-0.05, 0) is 40.5 Å². The highest BCUT2D eigenvalue weighted by molar-refractivity contribution is 9.10. The van der Waals surface area contributed by atoms with Gasteiger partial charge in [0.15, 0.2) is 0 Å². The topological polar surface area (TPSA) is 3.24 Å². The Morgan fingerprint density at radius 3 is 2.32 bits per heavy atom. The molecule has 98 valence electrons. The lowest BCUT2D eigenvalue weighted by Crippen LogP contribution is -2.24. The number of rotatable bonds is 5. The Labute approximate surface area is 123 Å². The first kappa shape index (κ1) is 13.9. The number of nitrogens with zero attached hydrogens (tertiary/aromatic N) is 1. The number of hydrogen-bond acceptors (Lipinski definition) is 1. The molecule has 0 aromatic heterocycles. The van der Waals surface area contributed by atoms with E-state index in [2.05, 4.69) is 76.8 Å². The summed E-state index contributed by atoms with van der Waals surface area (Å²) >= 11 is 3.63. The molecular formula is C17H18BrN. The van der Waals surface area contributed by atoms with Crippen molar-refractivity contribution in [1.29, 1.82) is 0 Å². The summed E-state index contributed by atoms with van der Waals surface area (Å²) in [6, 6.07) is 18.8. The number of benzene rings is 2. The number of hydrogen-bond donors (Lipinski definition) is 0. The molecule has 1 nitrogen and oxygen atoms in total. The highest BCUT2D eigenvalue weighted by Crippen LogP contribution is 2.27. The number of halogens is 1. The lowest BCUT2D eigenvalue weighted by Gasteiger charge is -2.26. The molecule has 0 aliphatic carbocycles. The smallest absolute Gasteiger partial charge is 0.0516 e. The van der Waals surface area contributed by atoms with Crippen molar-refractivity contribution in [2.45, 2.75) is 13.5 Å². The van der Waals surface area contributed by atoms with E-state index >= 15 is 0 Å². The van der Waals surface area contributed by atoms with Gasteiger partial charge < -0.3 is 4.90 Å². The Balaban J connectivity index is 2.26. The van der Waals surface area contributed by atoms with Gasteiger partial charge in [-0.2, -0.15) is 0 Å². The molecule has 0 unspecified atom stereocenters. The zero-order valence-electron chi connectivity index (χ0n) is 11.1. The van der Waals surface area contributed by atoms with Crippen molar-refractivity contribution in [1.82, 2.24) is 0 Å². The van der Waals surface area contributed by atoms with E-state index in [1.54, 1.807) is 0 Å². The molecule has 2 rings (SSSR count). The highest BCUT2D eigenvalue weighted by Gasteiger charge is 2.10. The largest absolute Gasteiger partial charge is 0.362 e. The van der Waals surface area contributed by atoms with Gasteiger partial charge in [0.05, 0.1) is 5.69 Å². The zero-order chi connectivity index (χ0) is 13.7. The van der Waals surface area contributed by atoms with Gasteiger partial charge in [-0.25, -0.2) is 0 Å². The second-order valence-electron chi connectivity index (χ2n) is 4.75. The second kappa shape index (κ2) is 6.58. The summed E-state index contributed by atoms with van der Waals surface area (Å²) < 4.78 is 1.12. The lowest BCUT2D eigenvalue weighted by atomic mass is 10.1. The molecule has 0 atom stereocenters. The van der Waals surface area contributed by atoms with Gasteiger partial charge in [-0.15, -0.1) is 0 Å². The summed E-state index contributed by atoms with van der Waals surface area (Å²) in [5.41, 5.74) is 3.67. The molecule has 19 heavy (non-hydrogen) atoms. The van der Waals surface area contributed by atoms with Crippen LogP contribution in [-0.2, 0) is 6.54 Å². The molecule has 0 spiro atoms. The maximum atomic E-state index is 4.03. The van der Waals surface area contributed by atoms with Crippen molar-refractivity contribution in [3.63, 3.8) is 0 Å².